The van der Waals surface area contributed by atoms with Crippen LogP contribution in [0.5, 0.6) is 0 Å². The second-order valence-corrected chi connectivity index (χ2v) is 4.16. The first-order valence-corrected chi connectivity index (χ1v) is 5.73. The fourth-order valence-corrected chi connectivity index (χ4v) is 1.68. The van der Waals surface area contributed by atoms with Crippen molar-refractivity contribution in [2.45, 2.75) is 6.92 Å². The Morgan fingerprint density at radius 2 is 2.05 bits per heavy atom. The fraction of sp³-hybridized carbons (Fsp3) is 0.0769. The van der Waals surface area contributed by atoms with Gasteiger partial charge in [0.2, 0.25) is 5.56 Å². The lowest BCUT2D eigenvalue weighted by Crippen LogP contribution is -2.18. The van der Waals surface area contributed by atoms with Crippen molar-refractivity contribution in [2.24, 2.45) is 0 Å². The second-order valence-electron chi connectivity index (χ2n) is 4.16. The Morgan fingerprint density at radius 1 is 1.30 bits per heavy atom. The third-order valence-corrected chi connectivity index (χ3v) is 2.61. The maximum absolute atomic E-state index is 11.9. The Morgan fingerprint density at radius 3 is 2.70 bits per heavy atom. The van der Waals surface area contributed by atoms with Crippen LogP contribution < -0.4 is 10.9 Å². The molecular formula is C13H11N3O4. The van der Waals surface area contributed by atoms with E-state index in [1.807, 2.05) is 0 Å². The van der Waals surface area contributed by atoms with Gasteiger partial charge in [0.05, 0.1) is 4.92 Å². The summed E-state index contributed by atoms with van der Waals surface area (Å²) in [5.41, 5.74) is 0.268. The van der Waals surface area contributed by atoms with Crippen LogP contribution in [0.15, 0.2) is 41.2 Å². The number of aromatic nitrogens is 1. The minimum absolute atomic E-state index is 0.0355. The van der Waals surface area contributed by atoms with E-state index in [2.05, 4.69) is 10.3 Å². The summed E-state index contributed by atoms with van der Waals surface area (Å²) in [6, 6.07) is 8.51. The highest BCUT2D eigenvalue weighted by Gasteiger charge is 2.16. The molecule has 1 aromatic heterocycles. The Kier molecular flexibility index (Phi) is 3.60. The van der Waals surface area contributed by atoms with Crippen LogP contribution in [0, 0.1) is 17.0 Å². The number of hydrogen-bond acceptors (Lipinski definition) is 4. The van der Waals surface area contributed by atoms with Crippen LogP contribution in [-0.2, 0) is 0 Å². The highest BCUT2D eigenvalue weighted by Crippen LogP contribution is 2.25. The number of nitro groups is 1. The van der Waals surface area contributed by atoms with E-state index >= 15 is 0 Å². The quantitative estimate of drug-likeness (QED) is 0.657. The Balaban J connectivity index is 2.34. The number of H-pyrrole nitrogens is 1. The number of anilines is 1. The van der Waals surface area contributed by atoms with Crippen LogP contribution in [0.25, 0.3) is 0 Å². The third kappa shape index (κ3) is 2.89. The fourth-order valence-electron chi connectivity index (χ4n) is 1.68. The molecule has 102 valence electrons. The van der Waals surface area contributed by atoms with Gasteiger partial charge in [-0.15, -0.1) is 0 Å². The maximum atomic E-state index is 11.9. The van der Waals surface area contributed by atoms with Crippen LogP contribution >= 0.6 is 0 Å². The number of aryl methyl sites for hydroxylation is 1. The van der Waals surface area contributed by atoms with E-state index in [-0.39, 0.29) is 17.1 Å². The number of nitrogens with one attached hydrogen (secondary N) is 2. The van der Waals surface area contributed by atoms with Crippen LogP contribution in [-0.4, -0.2) is 15.8 Å². The van der Waals surface area contributed by atoms with Gasteiger partial charge in [0.25, 0.3) is 11.6 Å². The number of carbonyl (C=O) groups is 1. The van der Waals surface area contributed by atoms with Crippen molar-refractivity contribution >= 4 is 17.3 Å². The summed E-state index contributed by atoms with van der Waals surface area (Å²) in [7, 11) is 0. The Bertz CT molecular complexity index is 736. The number of hydrogen-bond donors (Lipinski definition) is 2. The normalized spacial score (nSPS) is 10.1. The van der Waals surface area contributed by atoms with E-state index in [4.69, 9.17) is 0 Å². The standard InChI is InChI=1S/C13H11N3O4/c1-8-5-6-11(16(19)20)10(7-8)15-13(18)9-3-2-4-12(17)14-9/h2-7H,1H3,(H,14,17)(H,15,18). The zero-order chi connectivity index (χ0) is 14.7. The summed E-state index contributed by atoms with van der Waals surface area (Å²) < 4.78 is 0. The summed E-state index contributed by atoms with van der Waals surface area (Å²) in [6.45, 7) is 1.75. The number of benzene rings is 1. The van der Waals surface area contributed by atoms with Crippen molar-refractivity contribution in [3.05, 3.63) is 68.1 Å². The smallest absolute Gasteiger partial charge is 0.292 e. The van der Waals surface area contributed by atoms with Gasteiger partial charge in [-0.05, 0) is 24.6 Å². The first-order chi connectivity index (χ1) is 9.47. The van der Waals surface area contributed by atoms with Crippen molar-refractivity contribution < 1.29 is 9.72 Å². The molecule has 1 aromatic carbocycles. The third-order valence-electron chi connectivity index (χ3n) is 2.61. The van der Waals surface area contributed by atoms with Gasteiger partial charge in [0.1, 0.15) is 11.4 Å². The molecule has 0 spiro atoms. The van der Waals surface area contributed by atoms with E-state index in [1.165, 1.54) is 30.3 Å². The Hall–Kier alpha value is -2.96. The van der Waals surface area contributed by atoms with Crippen LogP contribution in [0.3, 0.4) is 0 Å². The molecule has 0 unspecified atom stereocenters. The van der Waals surface area contributed by atoms with E-state index in [0.29, 0.717) is 0 Å². The molecule has 0 aliphatic carbocycles. The molecule has 1 amide bonds. The molecule has 0 fully saturated rings. The van der Waals surface area contributed by atoms with Gasteiger partial charge in [-0.2, -0.15) is 0 Å². The van der Waals surface area contributed by atoms with Crippen molar-refractivity contribution in [3.63, 3.8) is 0 Å². The molecule has 0 atom stereocenters. The van der Waals surface area contributed by atoms with Crippen LogP contribution in [0.1, 0.15) is 16.1 Å². The number of nitrogens with zero attached hydrogens (tertiary/aromatic N) is 1. The first kappa shape index (κ1) is 13.5. The highest BCUT2D eigenvalue weighted by atomic mass is 16.6. The molecule has 7 heteroatoms. The molecule has 0 saturated heterocycles. The van der Waals surface area contributed by atoms with Crippen molar-refractivity contribution in [1.82, 2.24) is 4.98 Å². The maximum Gasteiger partial charge on any atom is 0.292 e. The lowest BCUT2D eigenvalue weighted by atomic mass is 10.2. The van der Waals surface area contributed by atoms with Crippen LogP contribution in [0.2, 0.25) is 0 Å². The molecule has 2 aromatic rings. The number of carbonyl (C=O) groups excluding carboxylic acids is 1. The van der Waals surface area contributed by atoms with Gasteiger partial charge in [0.15, 0.2) is 0 Å². The molecule has 2 N–H and O–H groups in total. The number of rotatable bonds is 3. The number of pyridine rings is 1. The molecule has 20 heavy (non-hydrogen) atoms. The SMILES string of the molecule is Cc1ccc([N+](=O)[O-])c(NC(=O)c2cccc(=O)[nH]2)c1. The van der Waals surface area contributed by atoms with Gasteiger partial charge in [-0.1, -0.05) is 12.1 Å². The molecule has 2 rings (SSSR count). The summed E-state index contributed by atoms with van der Waals surface area (Å²) in [4.78, 5) is 35.8. The van der Waals surface area contributed by atoms with Crippen molar-refractivity contribution in [1.29, 1.82) is 0 Å². The van der Waals surface area contributed by atoms with E-state index in [0.717, 1.165) is 5.56 Å². The summed E-state index contributed by atoms with van der Waals surface area (Å²) in [6.07, 6.45) is 0. The molecular weight excluding hydrogens is 262 g/mol. The van der Waals surface area contributed by atoms with Gasteiger partial charge in [-0.3, -0.25) is 19.7 Å². The predicted molar refractivity (Wildman–Crippen MR) is 72.8 cm³/mol. The lowest BCUT2D eigenvalue weighted by Gasteiger charge is -2.06. The van der Waals surface area contributed by atoms with Gasteiger partial charge >= 0.3 is 0 Å². The number of amides is 1. The van der Waals surface area contributed by atoms with Gasteiger partial charge in [-0.25, -0.2) is 0 Å². The summed E-state index contributed by atoms with van der Waals surface area (Å²) in [5.74, 6) is -0.614. The number of aromatic amines is 1. The Labute approximate surface area is 113 Å². The van der Waals surface area contributed by atoms with Crippen LogP contribution in [0.4, 0.5) is 11.4 Å². The highest BCUT2D eigenvalue weighted by molar-refractivity contribution is 6.04. The average molecular weight is 273 g/mol. The predicted octanol–water partition coefficient (Wildman–Crippen LogP) is 1.84. The van der Waals surface area contributed by atoms with Gasteiger partial charge < -0.3 is 10.3 Å². The number of nitro benzene ring substituents is 1. The first-order valence-electron chi connectivity index (χ1n) is 5.73. The average Bonchev–Trinajstić information content (AvgIpc) is 2.38. The molecule has 0 saturated carbocycles. The zero-order valence-corrected chi connectivity index (χ0v) is 10.5. The lowest BCUT2D eigenvalue weighted by molar-refractivity contribution is -0.383. The molecule has 7 nitrogen and oxygen atoms in total. The van der Waals surface area contributed by atoms with Gasteiger partial charge in [0, 0.05) is 12.1 Å². The van der Waals surface area contributed by atoms with E-state index in [1.54, 1.807) is 13.0 Å². The molecule has 0 aliphatic heterocycles. The monoisotopic (exact) mass is 273 g/mol. The van der Waals surface area contributed by atoms with Crippen molar-refractivity contribution in [3.8, 4) is 0 Å². The van der Waals surface area contributed by atoms with Crippen molar-refractivity contribution in [2.75, 3.05) is 5.32 Å². The molecule has 0 aliphatic rings. The summed E-state index contributed by atoms with van der Waals surface area (Å²) >= 11 is 0. The minimum Gasteiger partial charge on any atom is -0.318 e. The summed E-state index contributed by atoms with van der Waals surface area (Å²) in [5, 5.41) is 13.3. The molecule has 1 heterocycles. The topological polar surface area (TPSA) is 105 Å². The van der Waals surface area contributed by atoms with E-state index < -0.39 is 16.4 Å². The second kappa shape index (κ2) is 5.35. The molecule has 0 bridgehead atoms. The largest absolute Gasteiger partial charge is 0.318 e. The zero-order valence-electron chi connectivity index (χ0n) is 10.5. The minimum atomic E-state index is -0.614. The van der Waals surface area contributed by atoms with E-state index in [9.17, 15) is 19.7 Å². The molecule has 0 radical (unpaired) electrons.